The first kappa shape index (κ1) is 15.7. The SMILES string of the molecule is CCC[N+]1(CCN2CCN(C(C)=O)CC2)CCNCC1. The van der Waals surface area contributed by atoms with Crippen LogP contribution >= 0.6 is 0 Å². The van der Waals surface area contributed by atoms with Crippen molar-refractivity contribution in [2.75, 3.05) is 72.0 Å². The van der Waals surface area contributed by atoms with Gasteiger partial charge in [-0.25, -0.2) is 0 Å². The van der Waals surface area contributed by atoms with Gasteiger partial charge < -0.3 is 14.7 Å². The molecule has 2 aliphatic rings. The summed E-state index contributed by atoms with van der Waals surface area (Å²) in [5, 5.41) is 3.48. The van der Waals surface area contributed by atoms with E-state index in [0.717, 1.165) is 39.3 Å². The summed E-state index contributed by atoms with van der Waals surface area (Å²) in [4.78, 5) is 15.9. The van der Waals surface area contributed by atoms with Crippen LogP contribution in [-0.2, 0) is 4.79 Å². The number of carbonyl (C=O) groups excluding carboxylic acids is 1. The fourth-order valence-corrected chi connectivity index (χ4v) is 3.54. The van der Waals surface area contributed by atoms with E-state index in [4.69, 9.17) is 0 Å². The molecule has 2 saturated heterocycles. The van der Waals surface area contributed by atoms with Crippen LogP contribution in [0.3, 0.4) is 0 Å². The predicted octanol–water partition coefficient (Wildman–Crippen LogP) is -0.0195. The Balaban J connectivity index is 1.77. The zero-order valence-electron chi connectivity index (χ0n) is 13.2. The van der Waals surface area contributed by atoms with Gasteiger partial charge in [-0.05, 0) is 6.42 Å². The minimum absolute atomic E-state index is 0.223. The molecule has 0 aliphatic carbocycles. The summed E-state index contributed by atoms with van der Waals surface area (Å²) >= 11 is 0. The van der Waals surface area contributed by atoms with E-state index >= 15 is 0 Å². The Morgan fingerprint density at radius 3 is 2.30 bits per heavy atom. The molecule has 0 atom stereocenters. The van der Waals surface area contributed by atoms with Gasteiger partial charge in [-0.3, -0.25) is 9.69 Å². The van der Waals surface area contributed by atoms with Crippen molar-refractivity contribution in [1.29, 1.82) is 0 Å². The number of rotatable bonds is 5. The fourth-order valence-electron chi connectivity index (χ4n) is 3.54. The third kappa shape index (κ3) is 4.17. The molecule has 0 unspecified atom stereocenters. The van der Waals surface area contributed by atoms with E-state index in [1.807, 2.05) is 4.90 Å². The molecule has 1 N–H and O–H groups in total. The molecule has 2 aliphatic heterocycles. The second-order valence-electron chi connectivity index (χ2n) is 6.33. The van der Waals surface area contributed by atoms with Gasteiger partial charge in [0.1, 0.15) is 0 Å². The molecule has 0 saturated carbocycles. The lowest BCUT2D eigenvalue weighted by atomic mass is 10.2. The van der Waals surface area contributed by atoms with Crippen LogP contribution in [0.4, 0.5) is 0 Å². The first-order chi connectivity index (χ1) is 9.65. The molecule has 5 heteroatoms. The van der Waals surface area contributed by atoms with Crippen molar-refractivity contribution in [2.45, 2.75) is 20.3 Å². The molecule has 2 rings (SSSR count). The number of nitrogens with zero attached hydrogens (tertiary/aromatic N) is 3. The summed E-state index contributed by atoms with van der Waals surface area (Å²) in [6.45, 7) is 16.5. The highest BCUT2D eigenvalue weighted by Crippen LogP contribution is 2.12. The van der Waals surface area contributed by atoms with Gasteiger partial charge in [-0.2, -0.15) is 0 Å². The van der Waals surface area contributed by atoms with Crippen LogP contribution in [-0.4, -0.2) is 92.2 Å². The van der Waals surface area contributed by atoms with Crippen molar-refractivity contribution in [3.8, 4) is 0 Å². The van der Waals surface area contributed by atoms with E-state index in [-0.39, 0.29) is 5.91 Å². The van der Waals surface area contributed by atoms with Gasteiger partial charge in [0.2, 0.25) is 5.91 Å². The Kier molecular flexibility index (Phi) is 5.81. The first-order valence-corrected chi connectivity index (χ1v) is 8.19. The maximum absolute atomic E-state index is 11.3. The number of quaternary nitrogens is 1. The molecule has 2 heterocycles. The third-order valence-electron chi connectivity index (χ3n) is 4.93. The Labute approximate surface area is 123 Å². The standard InChI is InChI=1S/C15H31N4O/c1-3-11-19(12-4-16-5-13-19)14-10-17-6-8-18(9-7-17)15(2)20/h16H,3-14H2,1-2H3/q+1. The van der Waals surface area contributed by atoms with E-state index in [1.165, 1.54) is 43.6 Å². The Bertz CT molecular complexity index is 301. The average Bonchev–Trinajstić information content (AvgIpc) is 2.47. The van der Waals surface area contributed by atoms with Crippen molar-refractivity contribution in [1.82, 2.24) is 15.1 Å². The minimum Gasteiger partial charge on any atom is -0.340 e. The van der Waals surface area contributed by atoms with Crippen molar-refractivity contribution in [3.05, 3.63) is 0 Å². The van der Waals surface area contributed by atoms with Crippen LogP contribution in [0.25, 0.3) is 0 Å². The van der Waals surface area contributed by atoms with Crippen LogP contribution in [0, 0.1) is 0 Å². The van der Waals surface area contributed by atoms with Crippen molar-refractivity contribution in [3.63, 3.8) is 0 Å². The molecule has 1 amide bonds. The van der Waals surface area contributed by atoms with Crippen LogP contribution in [0.5, 0.6) is 0 Å². The topological polar surface area (TPSA) is 35.6 Å². The zero-order valence-corrected chi connectivity index (χ0v) is 13.2. The zero-order chi connectivity index (χ0) is 14.4. The Morgan fingerprint density at radius 1 is 1.10 bits per heavy atom. The smallest absolute Gasteiger partial charge is 0.219 e. The maximum atomic E-state index is 11.3. The van der Waals surface area contributed by atoms with Gasteiger partial charge in [0.15, 0.2) is 0 Å². The highest BCUT2D eigenvalue weighted by Gasteiger charge is 2.29. The average molecular weight is 283 g/mol. The first-order valence-electron chi connectivity index (χ1n) is 8.19. The fraction of sp³-hybridized carbons (Fsp3) is 0.933. The quantitative estimate of drug-likeness (QED) is 0.721. The lowest BCUT2D eigenvalue weighted by molar-refractivity contribution is -0.929. The van der Waals surface area contributed by atoms with E-state index in [9.17, 15) is 4.79 Å². The summed E-state index contributed by atoms with van der Waals surface area (Å²) in [7, 11) is 0. The summed E-state index contributed by atoms with van der Waals surface area (Å²) in [6.07, 6.45) is 1.28. The van der Waals surface area contributed by atoms with Crippen LogP contribution < -0.4 is 5.32 Å². The molecule has 0 bridgehead atoms. The number of carbonyl (C=O) groups is 1. The lowest BCUT2D eigenvalue weighted by Crippen LogP contribution is -2.61. The summed E-state index contributed by atoms with van der Waals surface area (Å²) in [5.41, 5.74) is 0. The largest absolute Gasteiger partial charge is 0.340 e. The van der Waals surface area contributed by atoms with Gasteiger partial charge in [0.25, 0.3) is 0 Å². The molecule has 0 aromatic heterocycles. The third-order valence-corrected chi connectivity index (χ3v) is 4.93. The monoisotopic (exact) mass is 283 g/mol. The number of amides is 1. The summed E-state index contributed by atoms with van der Waals surface area (Å²) in [6, 6.07) is 0. The molecule has 0 aromatic carbocycles. The Morgan fingerprint density at radius 2 is 1.75 bits per heavy atom. The summed E-state index contributed by atoms with van der Waals surface area (Å²) < 4.78 is 1.29. The van der Waals surface area contributed by atoms with Crippen molar-refractivity contribution < 1.29 is 9.28 Å². The summed E-state index contributed by atoms with van der Waals surface area (Å²) in [5.74, 6) is 0.223. The van der Waals surface area contributed by atoms with Crippen LogP contribution in [0.1, 0.15) is 20.3 Å². The lowest BCUT2D eigenvalue weighted by Gasteiger charge is -2.43. The van der Waals surface area contributed by atoms with Crippen molar-refractivity contribution in [2.24, 2.45) is 0 Å². The van der Waals surface area contributed by atoms with Crippen LogP contribution in [0.2, 0.25) is 0 Å². The number of hydrogen-bond donors (Lipinski definition) is 1. The van der Waals surface area contributed by atoms with Gasteiger partial charge in [0.05, 0.1) is 26.2 Å². The highest BCUT2D eigenvalue weighted by atomic mass is 16.2. The van der Waals surface area contributed by atoms with Gasteiger partial charge in [-0.15, -0.1) is 0 Å². The van der Waals surface area contributed by atoms with E-state index in [2.05, 4.69) is 17.1 Å². The number of piperazine rings is 2. The van der Waals surface area contributed by atoms with Gasteiger partial charge in [0, 0.05) is 52.7 Å². The normalized spacial score (nSPS) is 23.8. The van der Waals surface area contributed by atoms with E-state index in [0.29, 0.717) is 0 Å². The molecular formula is C15H31N4O+. The molecule has 5 nitrogen and oxygen atoms in total. The van der Waals surface area contributed by atoms with E-state index < -0.39 is 0 Å². The van der Waals surface area contributed by atoms with Crippen LogP contribution in [0.15, 0.2) is 0 Å². The van der Waals surface area contributed by atoms with Crippen molar-refractivity contribution >= 4 is 5.91 Å². The molecule has 116 valence electrons. The molecule has 0 aromatic rings. The second kappa shape index (κ2) is 7.38. The molecular weight excluding hydrogens is 252 g/mol. The molecule has 2 fully saturated rings. The molecule has 0 radical (unpaired) electrons. The molecule has 20 heavy (non-hydrogen) atoms. The minimum atomic E-state index is 0.223. The maximum Gasteiger partial charge on any atom is 0.219 e. The van der Waals surface area contributed by atoms with Gasteiger partial charge in [-0.1, -0.05) is 6.92 Å². The van der Waals surface area contributed by atoms with Gasteiger partial charge >= 0.3 is 0 Å². The molecule has 0 spiro atoms. The number of nitrogens with one attached hydrogen (secondary N) is 1. The highest BCUT2D eigenvalue weighted by molar-refractivity contribution is 5.73. The predicted molar refractivity (Wildman–Crippen MR) is 81.6 cm³/mol. The number of hydrogen-bond acceptors (Lipinski definition) is 3. The van der Waals surface area contributed by atoms with E-state index in [1.54, 1.807) is 6.92 Å². The Hall–Kier alpha value is -0.650. The second-order valence-corrected chi connectivity index (χ2v) is 6.33.